The van der Waals surface area contributed by atoms with Gasteiger partial charge in [0.2, 0.25) is 0 Å². The lowest BCUT2D eigenvalue weighted by Gasteiger charge is -2.03. The Morgan fingerprint density at radius 2 is 2.06 bits per heavy atom. The van der Waals surface area contributed by atoms with Gasteiger partial charge in [0, 0.05) is 0 Å². The summed E-state index contributed by atoms with van der Waals surface area (Å²) in [6, 6.07) is 4.96. The molecule has 0 spiro atoms. The first kappa shape index (κ1) is 11.9. The average Bonchev–Trinajstić information content (AvgIpc) is 2.64. The quantitative estimate of drug-likeness (QED) is 0.912. The van der Waals surface area contributed by atoms with Crippen molar-refractivity contribution < 1.29 is 9.90 Å². The second-order valence-corrected chi connectivity index (χ2v) is 4.09. The zero-order chi connectivity index (χ0) is 12.6. The summed E-state index contributed by atoms with van der Waals surface area (Å²) in [6.45, 7) is 1.56. The van der Waals surface area contributed by atoms with E-state index < -0.39 is 5.97 Å². The van der Waals surface area contributed by atoms with Crippen molar-refractivity contribution in [2.75, 3.05) is 0 Å². The zero-order valence-electron chi connectivity index (χ0n) is 8.69. The molecule has 0 atom stereocenters. The number of aromatic nitrogens is 3. The van der Waals surface area contributed by atoms with Crippen LogP contribution in [0.15, 0.2) is 18.2 Å². The highest BCUT2D eigenvalue weighted by atomic mass is 35.5. The summed E-state index contributed by atoms with van der Waals surface area (Å²) in [5.41, 5.74) is 0.643. The second-order valence-electron chi connectivity index (χ2n) is 3.30. The van der Waals surface area contributed by atoms with Gasteiger partial charge >= 0.3 is 5.97 Å². The van der Waals surface area contributed by atoms with Gasteiger partial charge in [-0.25, -0.2) is 4.79 Å². The van der Waals surface area contributed by atoms with E-state index in [1.54, 1.807) is 25.1 Å². The van der Waals surface area contributed by atoms with Gasteiger partial charge < -0.3 is 5.11 Å². The third-order valence-corrected chi connectivity index (χ3v) is 2.94. The maximum atomic E-state index is 10.8. The van der Waals surface area contributed by atoms with Crippen LogP contribution in [-0.4, -0.2) is 26.1 Å². The minimum atomic E-state index is -1.13. The SMILES string of the molecule is Cc1nn(-c2cccc(Cl)c2Cl)nc1C(=O)O. The lowest BCUT2D eigenvalue weighted by molar-refractivity contribution is 0.0689. The molecular formula is C10H7Cl2N3O2. The van der Waals surface area contributed by atoms with Crippen LogP contribution in [0.1, 0.15) is 16.2 Å². The van der Waals surface area contributed by atoms with Gasteiger partial charge in [-0.15, -0.1) is 9.90 Å². The normalized spacial score (nSPS) is 10.5. The number of hydrogen-bond donors (Lipinski definition) is 1. The fourth-order valence-corrected chi connectivity index (χ4v) is 1.70. The number of rotatable bonds is 2. The summed E-state index contributed by atoms with van der Waals surface area (Å²) in [5, 5.41) is 17.3. The van der Waals surface area contributed by atoms with Crippen LogP contribution in [0.5, 0.6) is 0 Å². The van der Waals surface area contributed by atoms with Crippen LogP contribution in [0.3, 0.4) is 0 Å². The van der Waals surface area contributed by atoms with Gasteiger partial charge in [0.05, 0.1) is 15.7 Å². The number of nitrogens with zero attached hydrogens (tertiary/aromatic N) is 3. The number of aryl methyl sites for hydroxylation is 1. The Bertz CT molecular complexity index is 595. The number of benzene rings is 1. The third-order valence-electron chi connectivity index (χ3n) is 2.13. The summed E-state index contributed by atoms with van der Waals surface area (Å²) in [4.78, 5) is 12.0. The summed E-state index contributed by atoms with van der Waals surface area (Å²) in [5.74, 6) is -1.13. The highest BCUT2D eigenvalue weighted by molar-refractivity contribution is 6.43. The van der Waals surface area contributed by atoms with Crippen molar-refractivity contribution in [3.63, 3.8) is 0 Å². The van der Waals surface area contributed by atoms with Gasteiger partial charge in [0.25, 0.3) is 0 Å². The molecule has 0 radical (unpaired) electrons. The Morgan fingerprint density at radius 3 is 2.65 bits per heavy atom. The van der Waals surface area contributed by atoms with E-state index in [0.717, 1.165) is 4.80 Å². The number of carbonyl (C=O) groups is 1. The molecular weight excluding hydrogens is 265 g/mol. The fraction of sp³-hybridized carbons (Fsp3) is 0.100. The van der Waals surface area contributed by atoms with E-state index in [4.69, 9.17) is 28.3 Å². The van der Waals surface area contributed by atoms with Crippen molar-refractivity contribution in [1.29, 1.82) is 0 Å². The summed E-state index contributed by atoms with van der Waals surface area (Å²) < 4.78 is 0. The van der Waals surface area contributed by atoms with Crippen LogP contribution in [0.2, 0.25) is 10.0 Å². The molecule has 7 heteroatoms. The fourth-order valence-electron chi connectivity index (χ4n) is 1.33. The first-order valence-electron chi connectivity index (χ1n) is 4.62. The van der Waals surface area contributed by atoms with Crippen molar-refractivity contribution >= 4 is 29.2 Å². The monoisotopic (exact) mass is 271 g/mol. The van der Waals surface area contributed by atoms with Gasteiger partial charge in [-0.3, -0.25) is 0 Å². The number of aromatic carboxylic acids is 1. The van der Waals surface area contributed by atoms with E-state index in [1.807, 2.05) is 0 Å². The smallest absolute Gasteiger partial charge is 0.358 e. The molecule has 0 aliphatic rings. The van der Waals surface area contributed by atoms with Crippen LogP contribution in [-0.2, 0) is 0 Å². The Hall–Kier alpha value is -1.59. The maximum Gasteiger partial charge on any atom is 0.358 e. The largest absolute Gasteiger partial charge is 0.476 e. The molecule has 0 saturated heterocycles. The molecule has 17 heavy (non-hydrogen) atoms. The second kappa shape index (κ2) is 4.35. The van der Waals surface area contributed by atoms with E-state index in [0.29, 0.717) is 16.4 Å². The summed E-state index contributed by atoms with van der Waals surface area (Å²) in [7, 11) is 0. The Labute approximate surface area is 107 Å². The average molecular weight is 272 g/mol. The van der Waals surface area contributed by atoms with Gasteiger partial charge in [0.15, 0.2) is 5.69 Å². The van der Waals surface area contributed by atoms with E-state index in [-0.39, 0.29) is 10.7 Å². The standard InChI is InChI=1S/C10H7Cl2N3O2/c1-5-9(10(16)17)14-15(13-5)7-4-2-3-6(11)8(7)12/h2-4H,1H3,(H,16,17). The first-order chi connectivity index (χ1) is 8.00. The first-order valence-corrected chi connectivity index (χ1v) is 5.38. The Morgan fingerprint density at radius 1 is 1.35 bits per heavy atom. The topological polar surface area (TPSA) is 68.0 Å². The molecule has 0 saturated carbocycles. The van der Waals surface area contributed by atoms with Crippen LogP contribution < -0.4 is 0 Å². The van der Waals surface area contributed by atoms with Gasteiger partial charge in [-0.05, 0) is 19.1 Å². The third kappa shape index (κ3) is 2.11. The van der Waals surface area contributed by atoms with E-state index in [2.05, 4.69) is 10.2 Å². The molecule has 0 aliphatic carbocycles. The van der Waals surface area contributed by atoms with Crippen molar-refractivity contribution in [2.45, 2.75) is 6.92 Å². The minimum Gasteiger partial charge on any atom is -0.476 e. The number of carboxylic acid groups (broad SMARTS) is 1. The zero-order valence-corrected chi connectivity index (χ0v) is 10.2. The summed E-state index contributed by atoms with van der Waals surface area (Å²) >= 11 is 11.8. The molecule has 1 N–H and O–H groups in total. The van der Waals surface area contributed by atoms with Crippen LogP contribution in [0.25, 0.3) is 5.69 Å². The summed E-state index contributed by atoms with van der Waals surface area (Å²) in [6.07, 6.45) is 0. The van der Waals surface area contributed by atoms with E-state index in [1.165, 1.54) is 0 Å². The predicted octanol–water partition coefficient (Wildman–Crippen LogP) is 2.58. The molecule has 1 heterocycles. The maximum absolute atomic E-state index is 10.8. The Balaban J connectivity index is 2.58. The number of hydrogen-bond acceptors (Lipinski definition) is 3. The Kier molecular flexibility index (Phi) is 3.04. The molecule has 0 fully saturated rings. The van der Waals surface area contributed by atoms with E-state index in [9.17, 15) is 4.79 Å². The van der Waals surface area contributed by atoms with Crippen molar-refractivity contribution in [1.82, 2.24) is 15.0 Å². The molecule has 1 aromatic carbocycles. The molecule has 0 amide bonds. The lowest BCUT2D eigenvalue weighted by atomic mass is 10.3. The molecule has 2 aromatic rings. The highest BCUT2D eigenvalue weighted by Crippen LogP contribution is 2.27. The molecule has 5 nitrogen and oxygen atoms in total. The number of carboxylic acids is 1. The predicted molar refractivity (Wildman–Crippen MR) is 63.1 cm³/mol. The highest BCUT2D eigenvalue weighted by Gasteiger charge is 2.16. The van der Waals surface area contributed by atoms with Gasteiger partial charge in [-0.1, -0.05) is 29.3 Å². The molecule has 0 aliphatic heterocycles. The van der Waals surface area contributed by atoms with Crippen molar-refractivity contribution in [2.24, 2.45) is 0 Å². The molecule has 0 bridgehead atoms. The molecule has 88 valence electrons. The molecule has 1 aromatic heterocycles. The van der Waals surface area contributed by atoms with Crippen LogP contribution >= 0.6 is 23.2 Å². The van der Waals surface area contributed by atoms with Crippen molar-refractivity contribution in [3.8, 4) is 5.69 Å². The van der Waals surface area contributed by atoms with Gasteiger partial charge in [0.1, 0.15) is 5.69 Å². The molecule has 0 unspecified atom stereocenters. The van der Waals surface area contributed by atoms with Crippen molar-refractivity contribution in [3.05, 3.63) is 39.6 Å². The number of halogens is 2. The van der Waals surface area contributed by atoms with Gasteiger partial charge in [-0.2, -0.15) is 5.10 Å². The van der Waals surface area contributed by atoms with Crippen LogP contribution in [0.4, 0.5) is 0 Å². The minimum absolute atomic E-state index is 0.110. The molecule has 2 rings (SSSR count). The van der Waals surface area contributed by atoms with E-state index >= 15 is 0 Å². The van der Waals surface area contributed by atoms with Crippen LogP contribution in [0, 0.1) is 6.92 Å². The lowest BCUT2D eigenvalue weighted by Crippen LogP contribution is -2.03.